The Morgan fingerprint density at radius 3 is 2.77 bits per heavy atom. The molecule has 1 atom stereocenters. The summed E-state index contributed by atoms with van der Waals surface area (Å²) in [4.78, 5) is 10.6. The minimum atomic E-state index is -0.653. The highest BCUT2D eigenvalue weighted by Gasteiger charge is 2.10. The second kappa shape index (κ2) is 4.49. The molecular weight excluding hydrogens is 211 g/mol. The molecule has 0 aliphatic rings. The second-order valence-electron chi connectivity index (χ2n) is 2.52. The summed E-state index contributed by atoms with van der Waals surface area (Å²) in [5, 5.41) is 0.0340. The zero-order valence-electron chi connectivity index (χ0n) is 6.96. The van der Waals surface area contributed by atoms with E-state index in [4.69, 9.17) is 27.9 Å². The predicted octanol–water partition coefficient (Wildman–Crippen LogP) is 2.87. The maximum Gasteiger partial charge on any atom is 0.262 e. The van der Waals surface area contributed by atoms with Crippen LogP contribution in [0.1, 0.15) is 6.92 Å². The normalized spacial score (nSPS) is 12.2. The van der Waals surface area contributed by atoms with Gasteiger partial charge in [-0.1, -0.05) is 17.7 Å². The van der Waals surface area contributed by atoms with Gasteiger partial charge in [-0.3, -0.25) is 4.79 Å². The van der Waals surface area contributed by atoms with Crippen LogP contribution in [0.15, 0.2) is 24.3 Å². The molecule has 0 aliphatic carbocycles. The van der Waals surface area contributed by atoms with Crippen LogP contribution >= 0.6 is 23.2 Å². The van der Waals surface area contributed by atoms with Gasteiger partial charge in [-0.05, 0) is 36.7 Å². The summed E-state index contributed by atoms with van der Waals surface area (Å²) in [7, 11) is 0. The monoisotopic (exact) mass is 218 g/mol. The van der Waals surface area contributed by atoms with Crippen LogP contribution in [0.2, 0.25) is 5.02 Å². The Bertz CT molecular complexity index is 312. The molecule has 0 amide bonds. The van der Waals surface area contributed by atoms with Gasteiger partial charge in [-0.15, -0.1) is 0 Å². The summed E-state index contributed by atoms with van der Waals surface area (Å²) in [5.41, 5.74) is 0. The number of ether oxygens (including phenoxy) is 1. The van der Waals surface area contributed by atoms with Crippen LogP contribution in [0.5, 0.6) is 5.75 Å². The van der Waals surface area contributed by atoms with Gasteiger partial charge in [-0.2, -0.15) is 0 Å². The van der Waals surface area contributed by atoms with E-state index in [-0.39, 0.29) is 0 Å². The van der Waals surface area contributed by atoms with Crippen molar-refractivity contribution in [2.24, 2.45) is 0 Å². The molecule has 0 heterocycles. The lowest BCUT2D eigenvalue weighted by Gasteiger charge is -2.09. The third-order valence-electron chi connectivity index (χ3n) is 1.43. The Morgan fingerprint density at radius 1 is 1.54 bits per heavy atom. The van der Waals surface area contributed by atoms with E-state index in [0.717, 1.165) is 0 Å². The zero-order chi connectivity index (χ0) is 9.84. The van der Waals surface area contributed by atoms with Gasteiger partial charge < -0.3 is 4.74 Å². The Hall–Kier alpha value is -0.730. The molecule has 1 unspecified atom stereocenters. The van der Waals surface area contributed by atoms with Crippen LogP contribution in [0.4, 0.5) is 0 Å². The van der Waals surface area contributed by atoms with Gasteiger partial charge >= 0.3 is 0 Å². The Kier molecular flexibility index (Phi) is 3.58. The number of benzene rings is 1. The molecule has 0 radical (unpaired) electrons. The minimum absolute atomic E-state index is 0.528. The number of halogens is 2. The number of carbonyl (C=O) groups is 1. The van der Waals surface area contributed by atoms with E-state index >= 15 is 0 Å². The molecule has 1 rings (SSSR count). The molecule has 13 heavy (non-hydrogen) atoms. The molecule has 0 saturated carbocycles. The maximum absolute atomic E-state index is 10.6. The fourth-order valence-corrected chi connectivity index (χ4v) is 1.02. The smallest absolute Gasteiger partial charge is 0.262 e. The van der Waals surface area contributed by atoms with E-state index in [1.165, 1.54) is 0 Å². The summed E-state index contributed by atoms with van der Waals surface area (Å²) in [6, 6.07) is 6.80. The van der Waals surface area contributed by atoms with Crippen LogP contribution in [0.25, 0.3) is 0 Å². The van der Waals surface area contributed by atoms with Crippen molar-refractivity contribution in [1.82, 2.24) is 0 Å². The first-order chi connectivity index (χ1) is 6.09. The van der Waals surface area contributed by atoms with Gasteiger partial charge in [0.05, 0.1) is 0 Å². The van der Waals surface area contributed by atoms with E-state index in [9.17, 15) is 4.79 Å². The molecule has 2 nitrogen and oxygen atoms in total. The van der Waals surface area contributed by atoms with Gasteiger partial charge in [0.1, 0.15) is 5.75 Å². The minimum Gasteiger partial charge on any atom is -0.482 e. The van der Waals surface area contributed by atoms with Gasteiger partial charge in [0, 0.05) is 5.02 Å². The lowest BCUT2D eigenvalue weighted by Crippen LogP contribution is -2.18. The predicted molar refractivity (Wildman–Crippen MR) is 52.4 cm³/mol. The summed E-state index contributed by atoms with van der Waals surface area (Å²) in [5.74, 6) is 0.536. The van der Waals surface area contributed by atoms with E-state index in [1.807, 2.05) is 0 Å². The van der Waals surface area contributed by atoms with E-state index < -0.39 is 11.3 Å². The third kappa shape index (κ3) is 3.25. The highest BCUT2D eigenvalue weighted by Crippen LogP contribution is 2.18. The topological polar surface area (TPSA) is 26.3 Å². The first-order valence-corrected chi connectivity index (χ1v) is 4.47. The lowest BCUT2D eigenvalue weighted by molar-refractivity contribution is -0.117. The quantitative estimate of drug-likeness (QED) is 0.730. The van der Waals surface area contributed by atoms with Gasteiger partial charge in [0.25, 0.3) is 5.24 Å². The lowest BCUT2D eigenvalue weighted by atomic mass is 10.3. The van der Waals surface area contributed by atoms with Crippen LogP contribution in [0, 0.1) is 0 Å². The SMILES string of the molecule is CC(Oc1cccc(Cl)c1)C(=O)Cl. The molecule has 4 heteroatoms. The first kappa shape index (κ1) is 10.4. The van der Waals surface area contributed by atoms with E-state index in [1.54, 1.807) is 31.2 Å². The molecule has 0 bridgehead atoms. The largest absolute Gasteiger partial charge is 0.482 e. The molecule has 1 aromatic rings. The average molecular weight is 219 g/mol. The average Bonchev–Trinajstić information content (AvgIpc) is 2.04. The fourth-order valence-electron chi connectivity index (χ4n) is 0.791. The second-order valence-corrected chi connectivity index (χ2v) is 3.33. The van der Waals surface area contributed by atoms with Crippen molar-refractivity contribution in [1.29, 1.82) is 0 Å². The van der Waals surface area contributed by atoms with Crippen molar-refractivity contribution < 1.29 is 9.53 Å². The van der Waals surface area contributed by atoms with Crippen LogP contribution in [0.3, 0.4) is 0 Å². The number of rotatable bonds is 3. The van der Waals surface area contributed by atoms with Crippen LogP contribution < -0.4 is 4.74 Å². The molecule has 0 aliphatic heterocycles. The Morgan fingerprint density at radius 2 is 2.23 bits per heavy atom. The molecule has 1 aromatic carbocycles. The summed E-state index contributed by atoms with van der Waals surface area (Å²) in [6.07, 6.45) is -0.653. The summed E-state index contributed by atoms with van der Waals surface area (Å²) >= 11 is 10.9. The van der Waals surface area contributed by atoms with E-state index in [2.05, 4.69) is 0 Å². The Labute approximate surface area is 86.4 Å². The number of carbonyl (C=O) groups excluding carboxylic acids is 1. The van der Waals surface area contributed by atoms with Crippen molar-refractivity contribution in [3.05, 3.63) is 29.3 Å². The third-order valence-corrected chi connectivity index (χ3v) is 1.97. The fraction of sp³-hybridized carbons (Fsp3) is 0.222. The number of hydrogen-bond acceptors (Lipinski definition) is 2. The Balaban J connectivity index is 2.69. The summed E-state index contributed by atoms with van der Waals surface area (Å²) in [6.45, 7) is 1.58. The molecule has 0 saturated heterocycles. The maximum atomic E-state index is 10.6. The van der Waals surface area contributed by atoms with E-state index in [0.29, 0.717) is 10.8 Å². The molecule has 0 spiro atoms. The van der Waals surface area contributed by atoms with Crippen molar-refractivity contribution in [2.45, 2.75) is 13.0 Å². The standard InChI is InChI=1S/C9H8Cl2O2/c1-6(9(11)12)13-8-4-2-3-7(10)5-8/h2-6H,1H3. The van der Waals surface area contributed by atoms with Crippen molar-refractivity contribution in [2.75, 3.05) is 0 Å². The van der Waals surface area contributed by atoms with Crippen molar-refractivity contribution >= 4 is 28.4 Å². The molecular formula is C9H8Cl2O2. The molecule has 0 fully saturated rings. The molecule has 0 aromatic heterocycles. The van der Waals surface area contributed by atoms with Crippen molar-refractivity contribution in [3.63, 3.8) is 0 Å². The van der Waals surface area contributed by atoms with Gasteiger partial charge in [0.15, 0.2) is 6.10 Å². The highest BCUT2D eigenvalue weighted by molar-refractivity contribution is 6.64. The molecule has 70 valence electrons. The van der Waals surface area contributed by atoms with Crippen molar-refractivity contribution in [3.8, 4) is 5.75 Å². The van der Waals surface area contributed by atoms with Gasteiger partial charge in [-0.25, -0.2) is 0 Å². The summed E-state index contributed by atoms with van der Waals surface area (Å²) < 4.78 is 5.19. The molecule has 0 N–H and O–H groups in total. The number of hydrogen-bond donors (Lipinski definition) is 0. The van der Waals surface area contributed by atoms with Gasteiger partial charge in [0.2, 0.25) is 0 Å². The highest BCUT2D eigenvalue weighted by atomic mass is 35.5. The zero-order valence-corrected chi connectivity index (χ0v) is 8.47. The first-order valence-electron chi connectivity index (χ1n) is 3.71. The van der Waals surface area contributed by atoms with Crippen LogP contribution in [-0.2, 0) is 4.79 Å². The van der Waals surface area contributed by atoms with Crippen LogP contribution in [-0.4, -0.2) is 11.3 Å².